The lowest BCUT2D eigenvalue weighted by molar-refractivity contribution is -0.124. The fraction of sp³-hybridized carbons (Fsp3) is 0.200. The Morgan fingerprint density at radius 2 is 1.54 bits per heavy atom. The number of hydrogen-bond acceptors (Lipinski definition) is 10. The molecular weight excluding hydrogens is 683 g/mol. The monoisotopic (exact) mass is 719 g/mol. The summed E-state index contributed by atoms with van der Waals surface area (Å²) in [5.74, 6) is 2.01. The molecule has 4 aromatic carbocycles. The van der Waals surface area contributed by atoms with Crippen molar-refractivity contribution in [1.82, 2.24) is 4.98 Å². The van der Waals surface area contributed by atoms with E-state index in [1.807, 2.05) is 30.3 Å². The number of Topliss-reactive ketones (excluding diaryl/α,β-unsaturated/α-hetero) is 1. The number of H-pyrrole nitrogens is 1. The van der Waals surface area contributed by atoms with Crippen molar-refractivity contribution in [2.45, 2.75) is 38.3 Å². The van der Waals surface area contributed by atoms with Gasteiger partial charge in [-0.3, -0.25) is 24.5 Å². The van der Waals surface area contributed by atoms with Crippen molar-refractivity contribution in [3.8, 4) is 34.6 Å². The Hall–Kier alpha value is -6.14. The minimum Gasteiger partial charge on any atom is -0.494 e. The minimum absolute atomic E-state index is 0.140. The normalized spacial score (nSPS) is 14.9. The summed E-state index contributed by atoms with van der Waals surface area (Å²) in [7, 11) is 1.60. The first-order valence-electron chi connectivity index (χ1n) is 16.4. The van der Waals surface area contributed by atoms with E-state index in [2.05, 4.69) is 9.98 Å². The van der Waals surface area contributed by atoms with Crippen LogP contribution < -0.4 is 24.0 Å². The highest BCUT2D eigenvalue weighted by atomic mass is 32.1. The molecule has 1 aliphatic rings. The van der Waals surface area contributed by atoms with Crippen molar-refractivity contribution in [2.24, 2.45) is 4.99 Å². The minimum atomic E-state index is -1.47. The molecule has 266 valence electrons. The maximum atomic E-state index is 14.1. The van der Waals surface area contributed by atoms with E-state index in [9.17, 15) is 19.5 Å². The average molecular weight is 720 g/mol. The Labute approximate surface area is 304 Å². The lowest BCUT2D eigenvalue weighted by atomic mass is 9.86. The van der Waals surface area contributed by atoms with E-state index in [0.717, 1.165) is 16.9 Å². The van der Waals surface area contributed by atoms with Crippen LogP contribution in [0.1, 0.15) is 36.8 Å². The number of aromatic nitrogens is 1. The maximum absolute atomic E-state index is 14.1. The molecule has 52 heavy (non-hydrogen) atoms. The van der Waals surface area contributed by atoms with Crippen molar-refractivity contribution < 1.29 is 33.6 Å². The predicted molar refractivity (Wildman–Crippen MR) is 200 cm³/mol. The molecule has 0 saturated carbocycles. The van der Waals surface area contributed by atoms with Crippen molar-refractivity contribution in [3.05, 3.63) is 135 Å². The Balaban J connectivity index is 1.25. The van der Waals surface area contributed by atoms with Gasteiger partial charge in [0.2, 0.25) is 11.7 Å². The second-order valence-electron chi connectivity index (χ2n) is 12.9. The van der Waals surface area contributed by atoms with E-state index in [0.29, 0.717) is 51.3 Å². The predicted octanol–water partition coefficient (Wildman–Crippen LogP) is 8.17. The second-order valence-corrected chi connectivity index (χ2v) is 14.0. The van der Waals surface area contributed by atoms with Crippen LogP contribution >= 0.6 is 11.3 Å². The molecule has 6 rings (SSSR count). The quantitative estimate of drug-likeness (QED) is 0.132. The van der Waals surface area contributed by atoms with Gasteiger partial charge < -0.3 is 24.1 Å². The summed E-state index contributed by atoms with van der Waals surface area (Å²) in [5.41, 5.74) is -0.415. The standard InChI is InChI=1S/C40H37N3O8S/c1-39(2,3)51-38(47)43(4)27-13-20-32(33(24-27)50-31-18-16-30(17-19-31)49-29-9-6-5-7-10-29)40(21-8-22-41-40)35(44)25-48-28-14-11-26(12-15-28)23-34-36(45)42-37(46)52-34/h5-22,24,45H,23,25H2,1-4H3,(H,42,46). The van der Waals surface area contributed by atoms with Crippen LogP contribution in [0.3, 0.4) is 0 Å². The van der Waals surface area contributed by atoms with E-state index in [1.165, 1.54) is 4.90 Å². The van der Waals surface area contributed by atoms with Crippen LogP contribution in [0.15, 0.2) is 119 Å². The van der Waals surface area contributed by atoms with E-state index in [4.69, 9.17) is 18.9 Å². The summed E-state index contributed by atoms with van der Waals surface area (Å²) in [4.78, 5) is 47.2. The van der Waals surface area contributed by atoms with E-state index >= 15 is 0 Å². The molecule has 0 aliphatic carbocycles. The number of amides is 1. The zero-order chi connectivity index (χ0) is 36.9. The Kier molecular flexibility index (Phi) is 10.3. The number of aromatic hydroxyl groups is 1. The van der Waals surface area contributed by atoms with Gasteiger partial charge in [0.1, 0.15) is 41.0 Å². The largest absolute Gasteiger partial charge is 0.494 e. The molecule has 5 aromatic rings. The number of carbonyl (C=O) groups is 2. The number of rotatable bonds is 12. The van der Waals surface area contributed by atoms with Gasteiger partial charge in [0, 0.05) is 31.3 Å². The van der Waals surface area contributed by atoms with Gasteiger partial charge in [0.25, 0.3) is 0 Å². The molecule has 1 amide bonds. The molecule has 0 radical (unpaired) electrons. The van der Waals surface area contributed by atoms with Gasteiger partial charge in [-0.05, 0) is 99.2 Å². The number of para-hydroxylation sites is 1. The third kappa shape index (κ3) is 8.41. The first-order chi connectivity index (χ1) is 24.9. The molecule has 0 bridgehead atoms. The molecule has 1 aliphatic heterocycles. The molecule has 0 spiro atoms. The number of ketones is 1. The SMILES string of the molecule is CN(C(=O)OC(C)(C)C)c1ccc(C2(C(=O)COc3ccc(Cc4sc(=O)[nH]c4O)cc3)C=CC=N2)c(Oc2ccc(Oc3ccccc3)cc2)c1. The van der Waals surface area contributed by atoms with Gasteiger partial charge in [-0.1, -0.05) is 41.7 Å². The topological polar surface area (TPSA) is 140 Å². The number of nitrogens with one attached hydrogen (secondary N) is 1. The molecular formula is C40H37N3O8S. The first kappa shape index (κ1) is 35.7. The highest BCUT2D eigenvalue weighted by Gasteiger charge is 2.41. The van der Waals surface area contributed by atoms with E-state index < -0.39 is 17.2 Å². The first-order valence-corrected chi connectivity index (χ1v) is 17.2. The Bertz CT molecular complexity index is 2150. The van der Waals surface area contributed by atoms with Gasteiger partial charge in [-0.15, -0.1) is 0 Å². The van der Waals surface area contributed by atoms with Crippen LogP contribution in [0.2, 0.25) is 0 Å². The molecule has 1 atom stereocenters. The summed E-state index contributed by atoms with van der Waals surface area (Å²) < 4.78 is 23.9. The smallest absolute Gasteiger partial charge is 0.414 e. The summed E-state index contributed by atoms with van der Waals surface area (Å²) in [5, 5.41) is 9.92. The molecule has 2 N–H and O–H groups in total. The lowest BCUT2D eigenvalue weighted by Crippen LogP contribution is -2.36. The number of carbonyl (C=O) groups excluding carboxylic acids is 2. The fourth-order valence-electron chi connectivity index (χ4n) is 5.36. The molecule has 0 fully saturated rings. The molecule has 1 aromatic heterocycles. The van der Waals surface area contributed by atoms with Gasteiger partial charge in [0.15, 0.2) is 5.54 Å². The van der Waals surface area contributed by atoms with Crippen molar-refractivity contribution in [3.63, 3.8) is 0 Å². The molecule has 12 heteroatoms. The van der Waals surface area contributed by atoms with Crippen molar-refractivity contribution >= 4 is 35.1 Å². The van der Waals surface area contributed by atoms with Gasteiger partial charge in [0.05, 0.1) is 10.6 Å². The third-order valence-corrected chi connectivity index (χ3v) is 8.82. The molecule has 1 unspecified atom stereocenters. The molecule has 11 nitrogen and oxygen atoms in total. The van der Waals surface area contributed by atoms with Crippen LogP contribution in [0.4, 0.5) is 10.5 Å². The highest BCUT2D eigenvalue weighted by molar-refractivity contribution is 7.09. The van der Waals surface area contributed by atoms with Crippen molar-refractivity contribution in [2.75, 3.05) is 18.6 Å². The number of benzene rings is 4. The zero-order valence-corrected chi connectivity index (χ0v) is 29.8. The number of aromatic amines is 1. The number of ether oxygens (including phenoxy) is 4. The summed E-state index contributed by atoms with van der Waals surface area (Å²) >= 11 is 0.949. The van der Waals surface area contributed by atoms with E-state index in [1.54, 1.807) is 113 Å². The zero-order valence-electron chi connectivity index (χ0n) is 29.0. The number of thiazole rings is 1. The second kappa shape index (κ2) is 15.0. The van der Waals surface area contributed by atoms with Crippen LogP contribution in [0.25, 0.3) is 0 Å². The summed E-state index contributed by atoms with van der Waals surface area (Å²) in [6.45, 7) is 5.05. The van der Waals surface area contributed by atoms with Gasteiger partial charge >= 0.3 is 11.0 Å². The number of nitrogens with zero attached hydrogens (tertiary/aromatic N) is 2. The average Bonchev–Trinajstić information content (AvgIpc) is 3.74. The number of hydrogen-bond donors (Lipinski definition) is 2. The van der Waals surface area contributed by atoms with Crippen molar-refractivity contribution in [1.29, 1.82) is 0 Å². The van der Waals surface area contributed by atoms with Crippen LogP contribution in [0.5, 0.6) is 34.6 Å². The molecule has 2 heterocycles. The number of anilines is 1. The Morgan fingerprint density at radius 3 is 2.15 bits per heavy atom. The van der Waals surface area contributed by atoms with E-state index in [-0.39, 0.29) is 23.1 Å². The van der Waals surface area contributed by atoms with Crippen LogP contribution in [0, 0.1) is 0 Å². The maximum Gasteiger partial charge on any atom is 0.414 e. The van der Waals surface area contributed by atoms with Crippen LogP contribution in [-0.2, 0) is 21.5 Å². The fourth-order valence-corrected chi connectivity index (χ4v) is 6.12. The number of aliphatic imine (C=N–C) groups is 1. The third-order valence-electron chi connectivity index (χ3n) is 7.95. The Morgan fingerprint density at radius 1 is 0.885 bits per heavy atom. The van der Waals surface area contributed by atoms with Gasteiger partial charge in [-0.2, -0.15) is 0 Å². The molecule has 0 saturated heterocycles. The summed E-state index contributed by atoms with van der Waals surface area (Å²) in [6.07, 6.45) is 4.74. The van der Waals surface area contributed by atoms with Crippen LogP contribution in [-0.4, -0.2) is 47.4 Å². The summed E-state index contributed by atoms with van der Waals surface area (Å²) in [6, 6.07) is 28.6. The number of allylic oxidation sites excluding steroid dienone is 1. The lowest BCUT2D eigenvalue weighted by Gasteiger charge is -2.28. The van der Waals surface area contributed by atoms with Gasteiger partial charge in [-0.25, -0.2) is 4.79 Å². The highest BCUT2D eigenvalue weighted by Crippen LogP contribution is 2.42.